The number of aliphatic carboxylic acids is 1. The van der Waals surface area contributed by atoms with E-state index in [1.54, 1.807) is 0 Å². The van der Waals surface area contributed by atoms with Gasteiger partial charge < -0.3 is 15.7 Å². The lowest BCUT2D eigenvalue weighted by atomic mass is 10.1. The Morgan fingerprint density at radius 3 is 2.47 bits per heavy atom. The van der Waals surface area contributed by atoms with Crippen molar-refractivity contribution in [3.05, 3.63) is 29.8 Å². The van der Waals surface area contributed by atoms with Crippen molar-refractivity contribution in [1.82, 2.24) is 5.32 Å². The number of carboxylic acids is 1. The molecule has 1 unspecified atom stereocenters. The Morgan fingerprint density at radius 1 is 1.26 bits per heavy atom. The summed E-state index contributed by atoms with van der Waals surface area (Å²) in [5.74, 6) is -0.809. The van der Waals surface area contributed by atoms with Crippen molar-refractivity contribution in [2.75, 3.05) is 5.32 Å². The molecule has 5 heteroatoms. The molecule has 1 rings (SSSR count). The van der Waals surface area contributed by atoms with Gasteiger partial charge in [0.15, 0.2) is 0 Å². The first-order valence-electron chi connectivity index (χ1n) is 6.33. The van der Waals surface area contributed by atoms with E-state index in [0.29, 0.717) is 12.8 Å². The summed E-state index contributed by atoms with van der Waals surface area (Å²) < 4.78 is 0. The molecule has 5 nitrogen and oxygen atoms in total. The molecule has 0 saturated heterocycles. The number of aryl methyl sites for hydroxylation is 1. The van der Waals surface area contributed by atoms with Crippen LogP contribution in [0.15, 0.2) is 24.3 Å². The molecular weight excluding hydrogens is 244 g/mol. The maximum Gasteiger partial charge on any atom is 0.319 e. The van der Waals surface area contributed by atoms with Crippen LogP contribution in [0.25, 0.3) is 0 Å². The van der Waals surface area contributed by atoms with Crippen molar-refractivity contribution in [2.24, 2.45) is 0 Å². The highest BCUT2D eigenvalue weighted by atomic mass is 16.4. The van der Waals surface area contributed by atoms with Crippen molar-refractivity contribution >= 4 is 17.7 Å². The average molecular weight is 264 g/mol. The molecule has 104 valence electrons. The first-order chi connectivity index (χ1) is 8.97. The molecule has 0 aromatic heterocycles. The Bertz CT molecular complexity index is 429. The second-order valence-corrected chi connectivity index (χ2v) is 4.65. The summed E-state index contributed by atoms with van der Waals surface area (Å²) in [6, 6.07) is 7.20. The molecule has 1 aromatic rings. The van der Waals surface area contributed by atoms with Crippen molar-refractivity contribution in [3.8, 4) is 0 Å². The van der Waals surface area contributed by atoms with Gasteiger partial charge in [0, 0.05) is 18.2 Å². The van der Waals surface area contributed by atoms with E-state index in [4.69, 9.17) is 5.11 Å². The predicted octanol–water partition coefficient (Wildman–Crippen LogP) is 2.76. The zero-order valence-corrected chi connectivity index (χ0v) is 11.3. The Balaban J connectivity index is 2.30. The highest BCUT2D eigenvalue weighted by Gasteiger charge is 2.08. The standard InChI is InChI=1S/C14H20N2O3/c1-10-6-8-12(9-7-10)16-14(19)15-11(2)4-3-5-13(17)18/h6-9,11H,3-5H2,1-2H3,(H,17,18)(H2,15,16,19). The summed E-state index contributed by atoms with van der Waals surface area (Å²) in [7, 11) is 0. The largest absolute Gasteiger partial charge is 0.481 e. The van der Waals surface area contributed by atoms with Gasteiger partial charge in [0.2, 0.25) is 0 Å². The molecule has 0 fully saturated rings. The molecule has 0 aliphatic heterocycles. The number of urea groups is 1. The molecule has 0 heterocycles. The molecule has 0 aliphatic rings. The lowest BCUT2D eigenvalue weighted by Crippen LogP contribution is -2.36. The second-order valence-electron chi connectivity index (χ2n) is 4.65. The highest BCUT2D eigenvalue weighted by Crippen LogP contribution is 2.08. The van der Waals surface area contributed by atoms with Gasteiger partial charge in [-0.3, -0.25) is 4.79 Å². The third-order valence-electron chi connectivity index (χ3n) is 2.71. The van der Waals surface area contributed by atoms with Gasteiger partial charge >= 0.3 is 12.0 Å². The number of rotatable bonds is 6. The summed E-state index contributed by atoms with van der Waals surface area (Å²) in [4.78, 5) is 22.0. The van der Waals surface area contributed by atoms with Crippen molar-refractivity contribution in [1.29, 1.82) is 0 Å². The van der Waals surface area contributed by atoms with Crippen LogP contribution in [-0.2, 0) is 4.79 Å². The van der Waals surface area contributed by atoms with Crippen LogP contribution in [0, 0.1) is 6.92 Å². The van der Waals surface area contributed by atoms with Gasteiger partial charge in [-0.15, -0.1) is 0 Å². The number of hydrogen-bond acceptors (Lipinski definition) is 2. The molecule has 0 saturated carbocycles. The maximum absolute atomic E-state index is 11.7. The molecule has 1 atom stereocenters. The minimum atomic E-state index is -0.809. The average Bonchev–Trinajstić information content (AvgIpc) is 2.31. The number of benzene rings is 1. The van der Waals surface area contributed by atoms with E-state index in [1.807, 2.05) is 38.1 Å². The van der Waals surface area contributed by atoms with Crippen LogP contribution in [0.4, 0.5) is 10.5 Å². The van der Waals surface area contributed by atoms with Crippen LogP contribution in [0.2, 0.25) is 0 Å². The third kappa shape index (κ3) is 6.45. The van der Waals surface area contributed by atoms with Crippen LogP contribution < -0.4 is 10.6 Å². The molecule has 2 amide bonds. The first kappa shape index (κ1) is 15.0. The zero-order valence-electron chi connectivity index (χ0n) is 11.3. The van der Waals surface area contributed by atoms with Crippen molar-refractivity contribution < 1.29 is 14.7 Å². The van der Waals surface area contributed by atoms with Gasteiger partial charge in [-0.05, 0) is 38.8 Å². The number of carbonyl (C=O) groups is 2. The minimum Gasteiger partial charge on any atom is -0.481 e. The van der Waals surface area contributed by atoms with E-state index in [0.717, 1.165) is 11.3 Å². The zero-order chi connectivity index (χ0) is 14.3. The fourth-order valence-corrected chi connectivity index (χ4v) is 1.66. The molecule has 0 aliphatic carbocycles. The van der Waals surface area contributed by atoms with Crippen LogP contribution in [-0.4, -0.2) is 23.1 Å². The number of hydrogen-bond donors (Lipinski definition) is 3. The van der Waals surface area contributed by atoms with Crippen LogP contribution in [0.3, 0.4) is 0 Å². The summed E-state index contributed by atoms with van der Waals surface area (Å²) in [6.45, 7) is 3.84. The lowest BCUT2D eigenvalue weighted by Gasteiger charge is -2.14. The van der Waals surface area contributed by atoms with Crippen molar-refractivity contribution in [2.45, 2.75) is 39.2 Å². The molecule has 1 aromatic carbocycles. The lowest BCUT2D eigenvalue weighted by molar-refractivity contribution is -0.137. The van der Waals surface area contributed by atoms with E-state index in [-0.39, 0.29) is 18.5 Å². The Labute approximate surface area is 113 Å². The number of nitrogens with one attached hydrogen (secondary N) is 2. The SMILES string of the molecule is Cc1ccc(NC(=O)NC(C)CCCC(=O)O)cc1. The van der Waals surface area contributed by atoms with Gasteiger partial charge in [0.25, 0.3) is 0 Å². The molecule has 0 radical (unpaired) electrons. The van der Waals surface area contributed by atoms with Gasteiger partial charge in [-0.25, -0.2) is 4.79 Å². The smallest absolute Gasteiger partial charge is 0.319 e. The van der Waals surface area contributed by atoms with E-state index >= 15 is 0 Å². The maximum atomic E-state index is 11.7. The van der Waals surface area contributed by atoms with E-state index in [1.165, 1.54) is 0 Å². The first-order valence-corrected chi connectivity index (χ1v) is 6.33. The predicted molar refractivity (Wildman–Crippen MR) is 74.3 cm³/mol. The van der Waals surface area contributed by atoms with Crippen molar-refractivity contribution in [3.63, 3.8) is 0 Å². The molecule has 3 N–H and O–H groups in total. The highest BCUT2D eigenvalue weighted by molar-refractivity contribution is 5.89. The molecule has 19 heavy (non-hydrogen) atoms. The second kappa shape index (κ2) is 7.41. The van der Waals surface area contributed by atoms with Gasteiger partial charge in [0.05, 0.1) is 0 Å². The quantitative estimate of drug-likeness (QED) is 0.739. The van der Waals surface area contributed by atoms with E-state index < -0.39 is 5.97 Å². The van der Waals surface area contributed by atoms with E-state index in [9.17, 15) is 9.59 Å². The number of carboxylic acid groups (broad SMARTS) is 1. The fourth-order valence-electron chi connectivity index (χ4n) is 1.66. The number of carbonyl (C=O) groups excluding carboxylic acids is 1. The Hall–Kier alpha value is -2.04. The minimum absolute atomic E-state index is 0.0511. The summed E-state index contributed by atoms with van der Waals surface area (Å²) in [6.07, 6.45) is 1.33. The molecule has 0 bridgehead atoms. The number of amides is 2. The normalized spacial score (nSPS) is 11.7. The van der Waals surface area contributed by atoms with E-state index in [2.05, 4.69) is 10.6 Å². The van der Waals surface area contributed by atoms with Gasteiger partial charge in [-0.2, -0.15) is 0 Å². The third-order valence-corrected chi connectivity index (χ3v) is 2.71. The summed E-state index contributed by atoms with van der Waals surface area (Å²) in [5, 5.41) is 14.0. The molecule has 0 spiro atoms. The summed E-state index contributed by atoms with van der Waals surface area (Å²) >= 11 is 0. The Morgan fingerprint density at radius 2 is 1.89 bits per heavy atom. The van der Waals surface area contributed by atoms with Crippen LogP contribution >= 0.6 is 0 Å². The van der Waals surface area contributed by atoms with Crippen LogP contribution in [0.1, 0.15) is 31.7 Å². The fraction of sp³-hybridized carbons (Fsp3) is 0.429. The monoisotopic (exact) mass is 264 g/mol. The summed E-state index contributed by atoms with van der Waals surface area (Å²) in [5.41, 5.74) is 1.87. The van der Waals surface area contributed by atoms with Crippen LogP contribution in [0.5, 0.6) is 0 Å². The molecular formula is C14H20N2O3. The Kier molecular flexibility index (Phi) is 5.85. The topological polar surface area (TPSA) is 78.4 Å². The van der Waals surface area contributed by atoms with Gasteiger partial charge in [-0.1, -0.05) is 17.7 Å². The number of anilines is 1. The van der Waals surface area contributed by atoms with Gasteiger partial charge in [0.1, 0.15) is 0 Å².